The molecule has 2 rings (SSSR count). The molecule has 0 saturated carbocycles. The van der Waals surface area contributed by atoms with E-state index in [4.69, 9.17) is 11.6 Å². The van der Waals surface area contributed by atoms with E-state index in [-0.39, 0.29) is 0 Å². The lowest BCUT2D eigenvalue weighted by Gasteiger charge is -1.94. The van der Waals surface area contributed by atoms with E-state index in [1.54, 1.807) is 12.3 Å². The number of aldehydes is 1. The second-order valence-electron chi connectivity index (χ2n) is 2.55. The lowest BCUT2D eigenvalue weighted by Crippen LogP contribution is -1.82. The number of aromatic nitrogens is 2. The summed E-state index contributed by atoms with van der Waals surface area (Å²) in [4.78, 5) is 20.0. The van der Waals surface area contributed by atoms with E-state index in [1.807, 2.05) is 6.07 Å². The first kappa shape index (κ1) is 9.30. The maximum absolute atomic E-state index is 10.5. The minimum atomic E-state index is 0.351. The molecule has 0 fully saturated rings. The average molecular weight is 225 g/mol. The van der Waals surface area contributed by atoms with Gasteiger partial charge in [0.15, 0.2) is 6.29 Å². The summed E-state index contributed by atoms with van der Waals surface area (Å²) >= 11 is 7.06. The van der Waals surface area contributed by atoms with Crippen molar-refractivity contribution >= 4 is 29.2 Å². The molecule has 0 spiro atoms. The van der Waals surface area contributed by atoms with Crippen molar-refractivity contribution in [3.8, 4) is 10.6 Å². The highest BCUT2D eigenvalue weighted by Gasteiger charge is 2.04. The zero-order chi connectivity index (χ0) is 9.97. The van der Waals surface area contributed by atoms with Crippen LogP contribution in [0.15, 0.2) is 24.5 Å². The van der Waals surface area contributed by atoms with Crippen molar-refractivity contribution in [3.05, 3.63) is 34.6 Å². The van der Waals surface area contributed by atoms with E-state index in [2.05, 4.69) is 9.97 Å². The number of rotatable bonds is 2. The SMILES string of the molecule is O=Cc1ccc(-c2cncc(Cl)n2)s1. The van der Waals surface area contributed by atoms with Crippen LogP contribution < -0.4 is 0 Å². The molecule has 0 saturated heterocycles. The summed E-state index contributed by atoms with van der Waals surface area (Å²) in [5.41, 5.74) is 0.690. The van der Waals surface area contributed by atoms with Gasteiger partial charge >= 0.3 is 0 Å². The Labute approximate surface area is 89.4 Å². The van der Waals surface area contributed by atoms with Crippen LogP contribution in [0.3, 0.4) is 0 Å². The summed E-state index contributed by atoms with van der Waals surface area (Å²) in [7, 11) is 0. The molecule has 5 heteroatoms. The van der Waals surface area contributed by atoms with Gasteiger partial charge in [-0.25, -0.2) is 4.98 Å². The van der Waals surface area contributed by atoms with Gasteiger partial charge in [0.05, 0.1) is 22.1 Å². The number of thiophene rings is 1. The summed E-state index contributed by atoms with van der Waals surface area (Å²) in [6.45, 7) is 0. The first-order chi connectivity index (χ1) is 6.79. The van der Waals surface area contributed by atoms with E-state index < -0.39 is 0 Å². The van der Waals surface area contributed by atoms with Gasteiger partial charge in [0.2, 0.25) is 0 Å². The first-order valence-electron chi connectivity index (χ1n) is 3.82. The predicted octanol–water partition coefficient (Wildman–Crippen LogP) is 2.67. The molecule has 14 heavy (non-hydrogen) atoms. The van der Waals surface area contributed by atoms with Crippen molar-refractivity contribution in [2.24, 2.45) is 0 Å². The van der Waals surface area contributed by atoms with Crippen molar-refractivity contribution in [1.29, 1.82) is 0 Å². The van der Waals surface area contributed by atoms with Gasteiger partial charge in [-0.15, -0.1) is 11.3 Å². The first-order valence-corrected chi connectivity index (χ1v) is 5.02. The summed E-state index contributed by atoms with van der Waals surface area (Å²) in [5, 5.41) is 0.351. The Morgan fingerprint density at radius 3 is 2.86 bits per heavy atom. The maximum Gasteiger partial charge on any atom is 0.160 e. The minimum absolute atomic E-state index is 0.351. The Kier molecular flexibility index (Phi) is 2.56. The van der Waals surface area contributed by atoms with Gasteiger partial charge in [-0.05, 0) is 12.1 Å². The van der Waals surface area contributed by atoms with Crippen molar-refractivity contribution in [1.82, 2.24) is 9.97 Å². The normalized spacial score (nSPS) is 10.1. The van der Waals surface area contributed by atoms with Crippen molar-refractivity contribution in [2.45, 2.75) is 0 Å². The Morgan fingerprint density at radius 1 is 1.36 bits per heavy atom. The lowest BCUT2D eigenvalue weighted by molar-refractivity contribution is 0.112. The fourth-order valence-electron chi connectivity index (χ4n) is 1.01. The van der Waals surface area contributed by atoms with Gasteiger partial charge in [0.25, 0.3) is 0 Å². The fraction of sp³-hybridized carbons (Fsp3) is 0. The van der Waals surface area contributed by atoms with Gasteiger partial charge in [-0.2, -0.15) is 0 Å². The van der Waals surface area contributed by atoms with Gasteiger partial charge in [-0.1, -0.05) is 11.6 Å². The Hall–Kier alpha value is -1.26. The van der Waals surface area contributed by atoms with Crippen LogP contribution >= 0.6 is 22.9 Å². The standard InChI is InChI=1S/C9H5ClN2OS/c10-9-4-11-3-7(12-9)8-2-1-6(5-13)14-8/h1-5H. The number of halogens is 1. The van der Waals surface area contributed by atoms with E-state index in [0.717, 1.165) is 11.2 Å². The quantitative estimate of drug-likeness (QED) is 0.737. The van der Waals surface area contributed by atoms with E-state index >= 15 is 0 Å². The third kappa shape index (κ3) is 1.81. The van der Waals surface area contributed by atoms with Crippen molar-refractivity contribution < 1.29 is 4.79 Å². The highest BCUT2D eigenvalue weighted by Crippen LogP contribution is 2.25. The Morgan fingerprint density at radius 2 is 2.21 bits per heavy atom. The monoisotopic (exact) mass is 224 g/mol. The largest absolute Gasteiger partial charge is 0.297 e. The number of hydrogen-bond donors (Lipinski definition) is 0. The summed E-state index contributed by atoms with van der Waals surface area (Å²) in [6.07, 6.45) is 3.90. The zero-order valence-electron chi connectivity index (χ0n) is 6.98. The van der Waals surface area contributed by atoms with Crippen LogP contribution in [0.1, 0.15) is 9.67 Å². The summed E-state index contributed by atoms with van der Waals surface area (Å²) in [6, 6.07) is 3.57. The number of hydrogen-bond acceptors (Lipinski definition) is 4. The predicted molar refractivity (Wildman–Crippen MR) is 55.7 cm³/mol. The molecule has 2 heterocycles. The smallest absolute Gasteiger partial charge is 0.160 e. The van der Waals surface area contributed by atoms with E-state index in [1.165, 1.54) is 17.5 Å². The fourth-order valence-corrected chi connectivity index (χ4v) is 1.94. The molecular weight excluding hydrogens is 220 g/mol. The van der Waals surface area contributed by atoms with E-state index in [9.17, 15) is 4.79 Å². The van der Waals surface area contributed by atoms with Gasteiger partial charge in [0, 0.05) is 0 Å². The number of nitrogens with zero attached hydrogens (tertiary/aromatic N) is 2. The molecule has 70 valence electrons. The molecule has 0 radical (unpaired) electrons. The molecule has 2 aromatic rings. The molecule has 0 atom stereocenters. The minimum Gasteiger partial charge on any atom is -0.297 e. The van der Waals surface area contributed by atoms with Crippen LogP contribution in [0.25, 0.3) is 10.6 Å². The zero-order valence-corrected chi connectivity index (χ0v) is 8.55. The lowest BCUT2D eigenvalue weighted by atomic mass is 10.3. The van der Waals surface area contributed by atoms with Gasteiger partial charge in [-0.3, -0.25) is 9.78 Å². The molecule has 0 aliphatic rings. The van der Waals surface area contributed by atoms with Crippen LogP contribution in [0.2, 0.25) is 5.15 Å². The summed E-state index contributed by atoms with van der Waals surface area (Å²) < 4.78 is 0. The average Bonchev–Trinajstić information content (AvgIpc) is 2.66. The Bertz CT molecular complexity index is 469. The van der Waals surface area contributed by atoms with Crippen LogP contribution in [0.4, 0.5) is 0 Å². The molecular formula is C9H5ClN2OS. The van der Waals surface area contributed by atoms with Gasteiger partial charge < -0.3 is 0 Å². The van der Waals surface area contributed by atoms with E-state index in [0.29, 0.717) is 15.7 Å². The summed E-state index contributed by atoms with van der Waals surface area (Å²) in [5.74, 6) is 0. The third-order valence-corrected chi connectivity index (χ3v) is 2.82. The topological polar surface area (TPSA) is 42.9 Å². The molecule has 0 aliphatic carbocycles. The Balaban J connectivity index is 2.43. The molecule has 3 nitrogen and oxygen atoms in total. The van der Waals surface area contributed by atoms with Crippen LogP contribution in [-0.4, -0.2) is 16.3 Å². The van der Waals surface area contributed by atoms with Crippen molar-refractivity contribution in [3.63, 3.8) is 0 Å². The van der Waals surface area contributed by atoms with Crippen LogP contribution in [0.5, 0.6) is 0 Å². The molecule has 0 aliphatic heterocycles. The highest BCUT2D eigenvalue weighted by molar-refractivity contribution is 7.17. The molecule has 2 aromatic heterocycles. The van der Waals surface area contributed by atoms with Crippen molar-refractivity contribution in [2.75, 3.05) is 0 Å². The third-order valence-electron chi connectivity index (χ3n) is 1.60. The van der Waals surface area contributed by atoms with Crippen LogP contribution in [0, 0.1) is 0 Å². The molecule has 0 aromatic carbocycles. The number of carbonyl (C=O) groups is 1. The molecule has 0 bridgehead atoms. The molecule has 0 unspecified atom stereocenters. The second-order valence-corrected chi connectivity index (χ2v) is 4.05. The van der Waals surface area contributed by atoms with Crippen LogP contribution in [-0.2, 0) is 0 Å². The maximum atomic E-state index is 10.5. The molecule has 0 N–H and O–H groups in total. The van der Waals surface area contributed by atoms with Gasteiger partial charge in [0.1, 0.15) is 10.8 Å². The molecule has 0 amide bonds. The second kappa shape index (κ2) is 3.86. The highest BCUT2D eigenvalue weighted by atomic mass is 35.5. The number of carbonyl (C=O) groups excluding carboxylic acids is 1.